The number of halogens is 3. The largest absolute Gasteiger partial charge is 0.508 e. The van der Waals surface area contributed by atoms with Crippen LogP contribution in [0.5, 0.6) is 5.75 Å². The molecule has 2 aromatic carbocycles. The van der Waals surface area contributed by atoms with Crippen LogP contribution in [0.15, 0.2) is 60.9 Å². The Balaban J connectivity index is 1.35. The first kappa shape index (κ1) is 32.0. The zero-order valence-corrected chi connectivity index (χ0v) is 25.3. The summed E-state index contributed by atoms with van der Waals surface area (Å²) in [4.78, 5) is 20.4. The zero-order valence-electron chi connectivity index (χ0n) is 25.3. The third-order valence-corrected chi connectivity index (χ3v) is 8.43. The van der Waals surface area contributed by atoms with Gasteiger partial charge in [-0.1, -0.05) is 12.1 Å². The van der Waals surface area contributed by atoms with Crippen molar-refractivity contribution in [2.45, 2.75) is 38.6 Å². The molecular weight excluding hydrogens is 573 g/mol. The van der Waals surface area contributed by atoms with Crippen LogP contribution in [0, 0.1) is 6.92 Å². The maximum absolute atomic E-state index is 14.0. The topological polar surface area (TPSA) is 70.4 Å². The molecule has 2 atom stereocenters. The molecule has 1 aromatic heterocycles. The Bertz CT molecular complexity index is 1400. The average molecular weight is 615 g/mol. The molecule has 0 radical (unpaired) electrons. The Morgan fingerprint density at radius 2 is 1.77 bits per heavy atom. The first-order valence-corrected chi connectivity index (χ1v) is 15.2. The Morgan fingerprint density at radius 3 is 2.48 bits per heavy atom. The molecule has 11 heteroatoms. The number of phenols is 1. The van der Waals surface area contributed by atoms with Crippen LogP contribution >= 0.6 is 0 Å². The zero-order chi connectivity index (χ0) is 31.3. The van der Waals surface area contributed by atoms with Crippen molar-refractivity contribution in [1.82, 2.24) is 19.3 Å². The van der Waals surface area contributed by atoms with E-state index < -0.39 is 17.6 Å². The lowest BCUT2D eigenvalue weighted by Gasteiger charge is -2.43. The average Bonchev–Trinajstić information content (AvgIpc) is 3.56. The van der Waals surface area contributed by atoms with Crippen molar-refractivity contribution in [3.63, 3.8) is 0 Å². The van der Waals surface area contributed by atoms with Gasteiger partial charge in [0, 0.05) is 82.1 Å². The normalized spacial score (nSPS) is 20.2. The lowest BCUT2D eigenvalue weighted by molar-refractivity contribution is -0.137. The molecule has 8 nitrogen and oxygen atoms in total. The van der Waals surface area contributed by atoms with Crippen molar-refractivity contribution >= 4 is 5.91 Å². The van der Waals surface area contributed by atoms with Crippen LogP contribution < -0.4 is 0 Å². The van der Waals surface area contributed by atoms with Crippen molar-refractivity contribution < 1.29 is 32.5 Å². The molecule has 0 spiro atoms. The lowest BCUT2D eigenvalue weighted by atomic mass is 9.99. The summed E-state index contributed by atoms with van der Waals surface area (Å²) in [5.41, 5.74) is 1.03. The van der Waals surface area contributed by atoms with E-state index in [4.69, 9.17) is 9.47 Å². The van der Waals surface area contributed by atoms with E-state index in [1.54, 1.807) is 40.1 Å². The van der Waals surface area contributed by atoms with Crippen molar-refractivity contribution in [3.8, 4) is 11.4 Å². The lowest BCUT2D eigenvalue weighted by Crippen LogP contribution is -2.57. The maximum atomic E-state index is 14.0. The summed E-state index contributed by atoms with van der Waals surface area (Å²) in [6.45, 7) is 10.5. The fourth-order valence-corrected chi connectivity index (χ4v) is 5.96. The molecule has 0 saturated carbocycles. The molecule has 2 fully saturated rings. The number of carbonyl (C=O) groups is 1. The minimum atomic E-state index is -4.60. The van der Waals surface area contributed by atoms with Crippen LogP contribution in [0.1, 0.15) is 34.0 Å². The number of phenolic OH excluding ortho intramolecular Hbond substituents is 1. The SMILES string of the molecule is CCOC[C@@H]1CN(CCN2CCN(C(=O)c3cc(-n4cccc4)cc(C(F)(F)F)c3)[C@H](Cc3ccc(C)c(O)c3)C2)CCO1. The number of morpholine rings is 1. The second-order valence-electron chi connectivity index (χ2n) is 11.6. The van der Waals surface area contributed by atoms with Crippen molar-refractivity contribution in [2.24, 2.45) is 0 Å². The summed E-state index contributed by atoms with van der Waals surface area (Å²) >= 11 is 0. The molecule has 3 heterocycles. The minimum Gasteiger partial charge on any atom is -0.508 e. The molecule has 44 heavy (non-hydrogen) atoms. The Kier molecular flexibility index (Phi) is 10.3. The Morgan fingerprint density at radius 1 is 1.02 bits per heavy atom. The second-order valence-corrected chi connectivity index (χ2v) is 11.6. The summed E-state index contributed by atoms with van der Waals surface area (Å²) < 4.78 is 54.7. The smallest absolute Gasteiger partial charge is 0.416 e. The third kappa shape index (κ3) is 8.01. The molecule has 238 valence electrons. The summed E-state index contributed by atoms with van der Waals surface area (Å²) in [7, 11) is 0. The van der Waals surface area contributed by atoms with Gasteiger partial charge in [0.2, 0.25) is 0 Å². The monoisotopic (exact) mass is 614 g/mol. The molecule has 2 saturated heterocycles. The number of rotatable bonds is 10. The highest BCUT2D eigenvalue weighted by atomic mass is 19.4. The number of nitrogens with zero attached hydrogens (tertiary/aromatic N) is 4. The molecule has 0 unspecified atom stereocenters. The number of alkyl halides is 3. The molecule has 0 bridgehead atoms. The van der Waals surface area contributed by atoms with Crippen LogP contribution in [0.2, 0.25) is 0 Å². The number of hydrogen-bond donors (Lipinski definition) is 1. The number of ether oxygens (including phenoxy) is 2. The molecule has 2 aliphatic heterocycles. The molecule has 5 rings (SSSR count). The van der Waals surface area contributed by atoms with Gasteiger partial charge in [0.15, 0.2) is 0 Å². The van der Waals surface area contributed by atoms with Crippen LogP contribution in [0.3, 0.4) is 0 Å². The Labute approximate surface area is 256 Å². The highest BCUT2D eigenvalue weighted by molar-refractivity contribution is 5.95. The van der Waals surface area contributed by atoms with Gasteiger partial charge >= 0.3 is 6.18 Å². The number of amides is 1. The van der Waals surface area contributed by atoms with Gasteiger partial charge in [0.05, 0.1) is 24.9 Å². The number of aryl methyl sites for hydroxylation is 1. The number of piperazine rings is 1. The van der Waals surface area contributed by atoms with E-state index in [1.807, 2.05) is 26.0 Å². The van der Waals surface area contributed by atoms with Crippen LogP contribution in [-0.4, -0.2) is 108 Å². The number of carbonyl (C=O) groups excluding carboxylic acids is 1. The van der Waals surface area contributed by atoms with Crippen LogP contribution in [-0.2, 0) is 22.1 Å². The first-order valence-electron chi connectivity index (χ1n) is 15.2. The molecule has 1 amide bonds. The fourth-order valence-electron chi connectivity index (χ4n) is 5.96. The van der Waals surface area contributed by atoms with Crippen molar-refractivity contribution in [2.75, 3.05) is 65.6 Å². The number of hydrogen-bond acceptors (Lipinski definition) is 6. The van der Waals surface area contributed by atoms with E-state index in [0.29, 0.717) is 45.9 Å². The van der Waals surface area contributed by atoms with Gasteiger partial charge in [0.25, 0.3) is 5.91 Å². The van der Waals surface area contributed by atoms with Gasteiger partial charge in [-0.25, -0.2) is 0 Å². The molecule has 0 aliphatic carbocycles. The second kappa shape index (κ2) is 14.2. The predicted octanol–water partition coefficient (Wildman–Crippen LogP) is 4.62. The summed E-state index contributed by atoms with van der Waals surface area (Å²) in [6, 6.07) is 12.2. The van der Waals surface area contributed by atoms with E-state index in [-0.39, 0.29) is 29.1 Å². The minimum absolute atomic E-state index is 0.00221. The number of aromatic nitrogens is 1. The molecule has 1 N–H and O–H groups in total. The van der Waals surface area contributed by atoms with Crippen LogP contribution in [0.4, 0.5) is 13.2 Å². The molecule has 3 aromatic rings. The Hall–Kier alpha value is -3.38. The fraction of sp³-hybridized carbons (Fsp3) is 0.485. The van der Waals surface area contributed by atoms with Crippen LogP contribution in [0.25, 0.3) is 5.69 Å². The van der Waals surface area contributed by atoms with Crippen molar-refractivity contribution in [3.05, 3.63) is 83.2 Å². The highest BCUT2D eigenvalue weighted by Gasteiger charge is 2.35. The van der Waals surface area contributed by atoms with Gasteiger partial charge in [-0.2, -0.15) is 13.2 Å². The van der Waals surface area contributed by atoms with Gasteiger partial charge in [-0.15, -0.1) is 0 Å². The van der Waals surface area contributed by atoms with E-state index in [1.165, 1.54) is 6.07 Å². The number of benzene rings is 2. The van der Waals surface area contributed by atoms with Gasteiger partial charge in [-0.3, -0.25) is 14.6 Å². The quantitative estimate of drug-likeness (QED) is 0.360. The highest BCUT2D eigenvalue weighted by Crippen LogP contribution is 2.32. The van der Waals surface area contributed by atoms with E-state index in [9.17, 15) is 23.1 Å². The predicted molar refractivity (Wildman–Crippen MR) is 161 cm³/mol. The van der Waals surface area contributed by atoms with E-state index >= 15 is 0 Å². The van der Waals surface area contributed by atoms with E-state index in [0.717, 1.165) is 49.4 Å². The number of aromatic hydroxyl groups is 1. The summed E-state index contributed by atoms with van der Waals surface area (Å²) in [6.07, 6.45) is -0.778. The van der Waals surface area contributed by atoms with Gasteiger partial charge in [0.1, 0.15) is 5.75 Å². The van der Waals surface area contributed by atoms with Gasteiger partial charge in [-0.05, 0) is 67.8 Å². The standard InChI is InChI=1S/C33H41F3N4O4/c1-3-43-23-30-22-38(14-15-44-30)11-10-37-12-13-40(29(21-37)16-25-7-6-24(2)31(41)17-25)32(42)26-18-27(33(34,35)36)20-28(19-26)39-8-4-5-9-39/h4-9,17-20,29-30,41H,3,10-16,21-23H2,1-2H3/t29-,30+/m1/s1. The molecule has 2 aliphatic rings. The maximum Gasteiger partial charge on any atom is 0.416 e. The third-order valence-electron chi connectivity index (χ3n) is 8.43. The summed E-state index contributed by atoms with van der Waals surface area (Å²) in [5, 5.41) is 10.3. The van der Waals surface area contributed by atoms with Gasteiger partial charge < -0.3 is 24.0 Å². The first-order chi connectivity index (χ1) is 21.1. The molecular formula is C33H41F3N4O4. The van der Waals surface area contributed by atoms with E-state index in [2.05, 4.69) is 9.80 Å². The van der Waals surface area contributed by atoms with Crippen molar-refractivity contribution in [1.29, 1.82) is 0 Å². The summed E-state index contributed by atoms with van der Waals surface area (Å²) in [5.74, 6) is -0.256.